The molecule has 0 saturated carbocycles. The number of hydrogen-bond acceptors (Lipinski definition) is 4. The van der Waals surface area contributed by atoms with E-state index in [4.69, 9.17) is 4.74 Å². The summed E-state index contributed by atoms with van der Waals surface area (Å²) in [7, 11) is 0. The largest absolute Gasteiger partial charge is 0.481 e. The van der Waals surface area contributed by atoms with Crippen LogP contribution >= 0.6 is 12.4 Å². The van der Waals surface area contributed by atoms with Gasteiger partial charge in [0.2, 0.25) is 0 Å². The van der Waals surface area contributed by atoms with E-state index in [1.165, 1.54) is 11.0 Å². The summed E-state index contributed by atoms with van der Waals surface area (Å²) in [5, 5.41) is 12.5. The Hall–Kier alpha value is -2.00. The van der Waals surface area contributed by atoms with Crippen molar-refractivity contribution in [2.24, 2.45) is 5.92 Å². The zero-order valence-corrected chi connectivity index (χ0v) is 17.3. The number of nitrogens with one attached hydrogen (secondary N) is 1. The van der Waals surface area contributed by atoms with Gasteiger partial charge in [-0.15, -0.1) is 12.4 Å². The van der Waals surface area contributed by atoms with Gasteiger partial charge >= 0.3 is 18.2 Å². The highest BCUT2D eigenvalue weighted by Gasteiger charge is 2.37. The van der Waals surface area contributed by atoms with E-state index in [9.17, 15) is 27.9 Å². The van der Waals surface area contributed by atoms with Crippen LogP contribution in [0.5, 0.6) is 0 Å². The zero-order valence-electron chi connectivity index (χ0n) is 16.5. The lowest BCUT2D eigenvalue weighted by Crippen LogP contribution is -2.54. The fourth-order valence-electron chi connectivity index (χ4n) is 3.05. The number of nitrogens with zero attached hydrogens (tertiary/aromatic N) is 1. The molecule has 1 aliphatic rings. The lowest BCUT2D eigenvalue weighted by atomic mass is 9.92. The van der Waals surface area contributed by atoms with E-state index in [-0.39, 0.29) is 25.5 Å². The van der Waals surface area contributed by atoms with Gasteiger partial charge in [0.15, 0.2) is 0 Å². The number of carboxylic acid groups (broad SMARTS) is 1. The number of hydrogen-bond donors (Lipinski definition) is 2. The van der Waals surface area contributed by atoms with Crippen LogP contribution in [0, 0.1) is 5.92 Å². The molecule has 2 unspecified atom stereocenters. The van der Waals surface area contributed by atoms with Crippen LogP contribution in [0.4, 0.5) is 18.0 Å². The summed E-state index contributed by atoms with van der Waals surface area (Å²) in [5.41, 5.74) is -1.02. The predicted octanol–water partition coefficient (Wildman–Crippen LogP) is 3.93. The normalized spacial score (nSPS) is 20.0. The van der Waals surface area contributed by atoms with Gasteiger partial charge in [-0.2, -0.15) is 13.2 Å². The second-order valence-corrected chi connectivity index (χ2v) is 7.85. The average molecular weight is 439 g/mol. The van der Waals surface area contributed by atoms with Crippen LogP contribution in [0.1, 0.15) is 38.3 Å². The van der Waals surface area contributed by atoms with E-state index in [0.717, 1.165) is 12.1 Å². The summed E-state index contributed by atoms with van der Waals surface area (Å²) in [6, 6.07) is 4.43. The summed E-state index contributed by atoms with van der Waals surface area (Å²) in [6.07, 6.45) is -4.65. The quantitative estimate of drug-likeness (QED) is 0.744. The average Bonchev–Trinajstić information content (AvgIpc) is 2.57. The number of aliphatic carboxylic acids is 1. The molecule has 0 bridgehead atoms. The molecule has 0 aliphatic carbocycles. The molecule has 1 aliphatic heterocycles. The lowest BCUT2D eigenvalue weighted by molar-refractivity contribution is -0.144. The summed E-state index contributed by atoms with van der Waals surface area (Å²) in [4.78, 5) is 25.2. The molecule has 2 rings (SSSR count). The molecule has 1 fully saturated rings. The van der Waals surface area contributed by atoms with Crippen LogP contribution in [0.15, 0.2) is 24.3 Å². The number of ether oxygens (including phenoxy) is 1. The van der Waals surface area contributed by atoms with E-state index in [2.05, 4.69) is 5.32 Å². The number of piperidine rings is 1. The number of carbonyl (C=O) groups excluding carboxylic acids is 1. The van der Waals surface area contributed by atoms with Crippen LogP contribution in [-0.2, 0) is 22.3 Å². The van der Waals surface area contributed by atoms with Gasteiger partial charge in [0.25, 0.3) is 0 Å². The topological polar surface area (TPSA) is 78.9 Å². The third-order valence-corrected chi connectivity index (χ3v) is 4.40. The Morgan fingerprint density at radius 2 is 1.93 bits per heavy atom. The van der Waals surface area contributed by atoms with Crippen molar-refractivity contribution < 1.29 is 32.6 Å². The molecule has 2 atom stereocenters. The minimum atomic E-state index is -4.43. The highest BCUT2D eigenvalue weighted by Crippen LogP contribution is 2.29. The first-order valence-electron chi connectivity index (χ1n) is 8.97. The number of rotatable bonds is 4. The number of halogens is 4. The third-order valence-electron chi connectivity index (χ3n) is 4.40. The maximum Gasteiger partial charge on any atom is 0.416 e. The van der Waals surface area contributed by atoms with Crippen LogP contribution in [0.3, 0.4) is 0 Å². The number of carboxylic acids is 1. The second-order valence-electron chi connectivity index (χ2n) is 7.85. The molecule has 0 spiro atoms. The van der Waals surface area contributed by atoms with Crippen molar-refractivity contribution in [3.8, 4) is 0 Å². The Bertz CT molecular complexity index is 722. The SMILES string of the molecule is CC(C)(C)OC(=O)N1CCC(NCc2cccc(C(F)(F)F)c2)C(C(=O)O)C1.Cl. The Labute approximate surface area is 173 Å². The molecule has 0 radical (unpaired) electrons. The molecule has 1 aromatic rings. The molecule has 1 amide bonds. The highest BCUT2D eigenvalue weighted by molar-refractivity contribution is 5.85. The van der Waals surface area contributed by atoms with Gasteiger partial charge in [0.05, 0.1) is 11.5 Å². The Kier molecular flexibility index (Phi) is 8.35. The minimum Gasteiger partial charge on any atom is -0.481 e. The molecule has 6 nitrogen and oxygen atoms in total. The Balaban J connectivity index is 0.00000420. The van der Waals surface area contributed by atoms with Crippen LogP contribution in [-0.4, -0.2) is 46.8 Å². The minimum absolute atomic E-state index is 0. The molecule has 0 aromatic heterocycles. The van der Waals surface area contributed by atoms with Gasteiger partial charge in [-0.25, -0.2) is 4.79 Å². The first-order valence-corrected chi connectivity index (χ1v) is 8.97. The van der Waals surface area contributed by atoms with Gasteiger partial charge in [0, 0.05) is 25.7 Å². The Morgan fingerprint density at radius 3 is 2.48 bits per heavy atom. The van der Waals surface area contributed by atoms with E-state index < -0.39 is 41.4 Å². The van der Waals surface area contributed by atoms with E-state index in [1.807, 2.05) is 0 Å². The summed E-state index contributed by atoms with van der Waals surface area (Å²) >= 11 is 0. The zero-order chi connectivity index (χ0) is 21.1. The standard InChI is InChI=1S/C19H25F3N2O4.ClH/c1-18(2,3)28-17(27)24-8-7-15(14(11-24)16(25)26)23-10-12-5-4-6-13(9-12)19(20,21)22;/h4-6,9,14-15,23H,7-8,10-11H2,1-3H3,(H,25,26);1H. The van der Waals surface area contributed by atoms with Crippen molar-refractivity contribution in [2.75, 3.05) is 13.1 Å². The van der Waals surface area contributed by atoms with E-state index >= 15 is 0 Å². The fourth-order valence-corrected chi connectivity index (χ4v) is 3.05. The highest BCUT2D eigenvalue weighted by atomic mass is 35.5. The van der Waals surface area contributed by atoms with Crippen LogP contribution in [0.2, 0.25) is 0 Å². The molecular formula is C19H26ClF3N2O4. The lowest BCUT2D eigenvalue weighted by Gasteiger charge is -2.37. The van der Waals surface area contributed by atoms with Crippen molar-refractivity contribution in [3.05, 3.63) is 35.4 Å². The predicted molar refractivity (Wildman–Crippen MR) is 103 cm³/mol. The van der Waals surface area contributed by atoms with Crippen molar-refractivity contribution in [1.29, 1.82) is 0 Å². The van der Waals surface area contributed by atoms with Crippen molar-refractivity contribution in [2.45, 2.75) is 51.6 Å². The molecule has 10 heteroatoms. The number of amides is 1. The van der Waals surface area contributed by atoms with Crippen LogP contribution in [0.25, 0.3) is 0 Å². The smallest absolute Gasteiger partial charge is 0.416 e. The second kappa shape index (κ2) is 9.67. The third kappa shape index (κ3) is 7.40. The molecule has 164 valence electrons. The fraction of sp³-hybridized carbons (Fsp3) is 0.579. The maximum atomic E-state index is 12.8. The molecule has 29 heavy (non-hydrogen) atoms. The van der Waals surface area contributed by atoms with E-state index in [1.54, 1.807) is 26.8 Å². The van der Waals surface area contributed by atoms with E-state index in [0.29, 0.717) is 18.5 Å². The first-order chi connectivity index (χ1) is 12.9. The number of carbonyl (C=O) groups is 2. The first kappa shape index (κ1) is 25.0. The maximum absolute atomic E-state index is 12.8. The molecule has 1 aromatic carbocycles. The monoisotopic (exact) mass is 438 g/mol. The van der Waals surface area contributed by atoms with Gasteiger partial charge in [-0.05, 0) is 38.8 Å². The molecule has 1 saturated heterocycles. The van der Waals surface area contributed by atoms with Gasteiger partial charge < -0.3 is 20.1 Å². The van der Waals surface area contributed by atoms with Gasteiger partial charge in [-0.3, -0.25) is 4.79 Å². The van der Waals surface area contributed by atoms with Gasteiger partial charge in [-0.1, -0.05) is 18.2 Å². The molecular weight excluding hydrogens is 413 g/mol. The number of alkyl halides is 3. The molecule has 1 heterocycles. The van der Waals surface area contributed by atoms with Crippen LogP contribution < -0.4 is 5.32 Å². The number of benzene rings is 1. The summed E-state index contributed by atoms with van der Waals surface area (Å²) in [6.45, 7) is 5.56. The summed E-state index contributed by atoms with van der Waals surface area (Å²) < 4.78 is 43.7. The molecule has 2 N–H and O–H groups in total. The Morgan fingerprint density at radius 1 is 1.28 bits per heavy atom. The summed E-state index contributed by atoms with van der Waals surface area (Å²) in [5.74, 6) is -1.96. The van der Waals surface area contributed by atoms with Crippen molar-refractivity contribution in [3.63, 3.8) is 0 Å². The number of likely N-dealkylation sites (tertiary alicyclic amines) is 1. The van der Waals surface area contributed by atoms with Crippen molar-refractivity contribution >= 4 is 24.5 Å². The van der Waals surface area contributed by atoms with Crippen molar-refractivity contribution in [1.82, 2.24) is 10.2 Å². The van der Waals surface area contributed by atoms with Gasteiger partial charge in [0.1, 0.15) is 5.60 Å².